The first-order valence-electron chi connectivity index (χ1n) is 12.3. The number of hydrogen-bond donors (Lipinski definition) is 2. The number of imide groups is 1. The molecule has 1 atom stereocenters. The lowest BCUT2D eigenvalue weighted by molar-refractivity contribution is -0.149. The van der Waals surface area contributed by atoms with Gasteiger partial charge in [0.2, 0.25) is 11.6 Å². The minimum atomic E-state index is -2.10. The molecule has 3 amide bonds. The lowest BCUT2D eigenvalue weighted by Crippen LogP contribution is -2.64. The van der Waals surface area contributed by atoms with Gasteiger partial charge in [-0.3, -0.25) is 29.5 Å². The Bertz CT molecular complexity index is 1380. The predicted octanol–water partition coefficient (Wildman–Crippen LogP) is 2.35. The fourth-order valence-corrected chi connectivity index (χ4v) is 5.47. The van der Waals surface area contributed by atoms with E-state index in [-0.39, 0.29) is 12.8 Å². The molecule has 8 heteroatoms. The van der Waals surface area contributed by atoms with Crippen LogP contribution in [-0.2, 0) is 27.3 Å². The zero-order valence-electron chi connectivity index (χ0n) is 19.8. The standard InChI is InChI=1S/C28H27N3O5/c32-24-10-11-28(35,27(34)29-24)31-23-9-8-20(21-2-1-3-22(25(21)23)26(31)33)16-18-4-6-19(7-5-18)17-30-12-14-36-15-13-30/h1-9,35H,10-17H2,(H,29,32,34). The topological polar surface area (TPSA) is 99.2 Å². The van der Waals surface area contributed by atoms with E-state index in [1.807, 2.05) is 18.2 Å². The van der Waals surface area contributed by atoms with E-state index in [9.17, 15) is 19.5 Å². The highest BCUT2D eigenvalue weighted by molar-refractivity contribution is 6.28. The summed E-state index contributed by atoms with van der Waals surface area (Å²) in [4.78, 5) is 41.2. The molecule has 0 spiro atoms. The summed E-state index contributed by atoms with van der Waals surface area (Å²) >= 11 is 0. The summed E-state index contributed by atoms with van der Waals surface area (Å²) in [6.45, 7) is 4.37. The van der Waals surface area contributed by atoms with E-state index < -0.39 is 23.4 Å². The van der Waals surface area contributed by atoms with Gasteiger partial charge in [-0.05, 0) is 40.6 Å². The van der Waals surface area contributed by atoms with Crippen LogP contribution in [0.2, 0.25) is 0 Å². The van der Waals surface area contributed by atoms with Crippen LogP contribution >= 0.6 is 0 Å². The smallest absolute Gasteiger partial charge is 0.280 e. The molecule has 3 heterocycles. The second kappa shape index (κ2) is 8.81. The Balaban J connectivity index is 1.29. The number of nitrogens with zero attached hydrogens (tertiary/aromatic N) is 2. The first-order valence-corrected chi connectivity index (χ1v) is 12.3. The second-order valence-corrected chi connectivity index (χ2v) is 9.69. The fourth-order valence-electron chi connectivity index (χ4n) is 5.47. The average molecular weight is 486 g/mol. The quantitative estimate of drug-likeness (QED) is 0.539. The first-order chi connectivity index (χ1) is 17.4. The normalized spacial score (nSPS) is 22.4. The Morgan fingerprint density at radius 2 is 1.69 bits per heavy atom. The van der Waals surface area contributed by atoms with Gasteiger partial charge >= 0.3 is 0 Å². The van der Waals surface area contributed by atoms with Crippen molar-refractivity contribution in [2.24, 2.45) is 0 Å². The molecule has 8 nitrogen and oxygen atoms in total. The maximum atomic E-state index is 13.4. The average Bonchev–Trinajstić information content (AvgIpc) is 3.18. The summed E-state index contributed by atoms with van der Waals surface area (Å²) in [7, 11) is 0. The number of amides is 3. The summed E-state index contributed by atoms with van der Waals surface area (Å²) in [6, 6.07) is 17.9. The van der Waals surface area contributed by atoms with Gasteiger partial charge < -0.3 is 9.84 Å². The van der Waals surface area contributed by atoms with E-state index in [1.165, 1.54) is 5.56 Å². The van der Waals surface area contributed by atoms with Crippen molar-refractivity contribution in [3.8, 4) is 0 Å². The molecule has 2 saturated heterocycles. The highest BCUT2D eigenvalue weighted by Gasteiger charge is 2.52. The molecule has 1 unspecified atom stereocenters. The van der Waals surface area contributed by atoms with E-state index in [4.69, 9.17) is 4.74 Å². The third kappa shape index (κ3) is 3.78. The number of morpholine rings is 1. The number of aliphatic hydroxyl groups is 1. The number of piperidine rings is 1. The van der Waals surface area contributed by atoms with Crippen LogP contribution in [0.1, 0.15) is 39.9 Å². The van der Waals surface area contributed by atoms with Gasteiger partial charge in [-0.1, -0.05) is 42.5 Å². The summed E-state index contributed by atoms with van der Waals surface area (Å²) in [5.41, 5.74) is 2.31. The van der Waals surface area contributed by atoms with Gasteiger partial charge in [0.05, 0.1) is 18.9 Å². The number of carbonyl (C=O) groups is 3. The molecule has 0 aromatic heterocycles. The first kappa shape index (κ1) is 22.8. The van der Waals surface area contributed by atoms with Crippen LogP contribution in [0.5, 0.6) is 0 Å². The Morgan fingerprint density at radius 3 is 2.44 bits per heavy atom. The number of ether oxygens (including phenoxy) is 1. The Labute approximate surface area is 208 Å². The van der Waals surface area contributed by atoms with Gasteiger partial charge in [0.1, 0.15) is 0 Å². The number of anilines is 1. The van der Waals surface area contributed by atoms with Gasteiger partial charge in [-0.2, -0.15) is 0 Å². The van der Waals surface area contributed by atoms with E-state index >= 15 is 0 Å². The summed E-state index contributed by atoms with van der Waals surface area (Å²) in [5, 5.41) is 15.0. The molecule has 3 aromatic carbocycles. The van der Waals surface area contributed by atoms with Crippen LogP contribution in [0.3, 0.4) is 0 Å². The van der Waals surface area contributed by atoms with Crippen LogP contribution in [-0.4, -0.2) is 59.8 Å². The molecule has 2 N–H and O–H groups in total. The van der Waals surface area contributed by atoms with E-state index in [2.05, 4.69) is 34.5 Å². The Hall–Kier alpha value is -3.59. The Morgan fingerprint density at radius 1 is 0.944 bits per heavy atom. The van der Waals surface area contributed by atoms with E-state index in [1.54, 1.807) is 12.1 Å². The van der Waals surface area contributed by atoms with E-state index in [0.717, 1.165) is 59.6 Å². The highest BCUT2D eigenvalue weighted by Crippen LogP contribution is 2.43. The zero-order valence-corrected chi connectivity index (χ0v) is 19.8. The molecule has 0 bridgehead atoms. The molecule has 6 rings (SSSR count). The maximum Gasteiger partial charge on any atom is 0.280 e. The van der Waals surface area contributed by atoms with Crippen LogP contribution in [0.25, 0.3) is 10.8 Å². The van der Waals surface area contributed by atoms with E-state index in [0.29, 0.717) is 17.7 Å². The van der Waals surface area contributed by atoms with Crippen LogP contribution < -0.4 is 10.2 Å². The summed E-state index contributed by atoms with van der Waals surface area (Å²) < 4.78 is 5.43. The van der Waals surface area contributed by atoms with Gasteiger partial charge in [0.25, 0.3) is 11.8 Å². The highest BCUT2D eigenvalue weighted by atomic mass is 16.5. The van der Waals surface area contributed by atoms with Crippen molar-refractivity contribution >= 4 is 34.2 Å². The Kier molecular flexibility index (Phi) is 5.59. The molecule has 0 radical (unpaired) electrons. The monoisotopic (exact) mass is 485 g/mol. The molecule has 3 aliphatic rings. The van der Waals surface area contributed by atoms with Gasteiger partial charge in [0, 0.05) is 43.4 Å². The van der Waals surface area contributed by atoms with Gasteiger partial charge in [-0.15, -0.1) is 0 Å². The lowest BCUT2D eigenvalue weighted by Gasteiger charge is -2.38. The maximum absolute atomic E-state index is 13.4. The molecular weight excluding hydrogens is 458 g/mol. The number of carbonyl (C=O) groups excluding carboxylic acids is 3. The second-order valence-electron chi connectivity index (χ2n) is 9.69. The third-order valence-corrected chi connectivity index (χ3v) is 7.40. The zero-order chi connectivity index (χ0) is 24.9. The molecule has 184 valence electrons. The molecule has 0 saturated carbocycles. The minimum Gasteiger partial charge on any atom is -0.379 e. The molecule has 36 heavy (non-hydrogen) atoms. The predicted molar refractivity (Wildman–Crippen MR) is 133 cm³/mol. The van der Waals surface area contributed by atoms with Crippen molar-refractivity contribution in [1.82, 2.24) is 10.2 Å². The van der Waals surface area contributed by atoms with Crippen molar-refractivity contribution in [2.45, 2.75) is 31.5 Å². The van der Waals surface area contributed by atoms with Crippen LogP contribution in [0, 0.1) is 0 Å². The largest absolute Gasteiger partial charge is 0.379 e. The lowest BCUT2D eigenvalue weighted by atomic mass is 9.95. The third-order valence-electron chi connectivity index (χ3n) is 7.40. The molecule has 3 aromatic rings. The number of benzene rings is 3. The van der Waals surface area contributed by atoms with Crippen molar-refractivity contribution in [2.75, 3.05) is 31.2 Å². The minimum absolute atomic E-state index is 0.0366. The summed E-state index contributed by atoms with van der Waals surface area (Å²) in [6.07, 6.45) is 0.508. The van der Waals surface area contributed by atoms with Crippen molar-refractivity contribution in [3.63, 3.8) is 0 Å². The van der Waals surface area contributed by atoms with Crippen LogP contribution in [0.15, 0.2) is 54.6 Å². The van der Waals surface area contributed by atoms with Crippen molar-refractivity contribution < 1.29 is 24.2 Å². The molecule has 3 aliphatic heterocycles. The van der Waals surface area contributed by atoms with Crippen molar-refractivity contribution in [1.29, 1.82) is 0 Å². The molecule has 2 fully saturated rings. The number of rotatable bonds is 5. The van der Waals surface area contributed by atoms with Crippen LogP contribution in [0.4, 0.5) is 5.69 Å². The van der Waals surface area contributed by atoms with Gasteiger partial charge in [-0.25, -0.2) is 0 Å². The molecular formula is C28H27N3O5. The SMILES string of the molecule is O=C1CCC(O)(N2C(=O)c3cccc4c(Cc5ccc(CN6CCOCC6)cc5)ccc2c34)C(=O)N1. The van der Waals surface area contributed by atoms with Crippen molar-refractivity contribution in [3.05, 3.63) is 76.9 Å². The van der Waals surface area contributed by atoms with Gasteiger partial charge in [0.15, 0.2) is 0 Å². The number of nitrogens with one attached hydrogen (secondary N) is 1. The molecule has 0 aliphatic carbocycles. The fraction of sp³-hybridized carbons (Fsp3) is 0.321. The number of hydrogen-bond acceptors (Lipinski definition) is 6. The summed E-state index contributed by atoms with van der Waals surface area (Å²) in [5.74, 6) is -1.76.